The van der Waals surface area contributed by atoms with Crippen molar-refractivity contribution in [3.63, 3.8) is 0 Å². The van der Waals surface area contributed by atoms with Crippen molar-refractivity contribution in [2.24, 2.45) is 0 Å². The molecule has 168 valence electrons. The minimum Gasteiger partial charge on any atom is -0.366 e. The zero-order valence-electron chi connectivity index (χ0n) is 19.8. The first-order chi connectivity index (χ1) is 15.1. The van der Waals surface area contributed by atoms with E-state index in [0.717, 1.165) is 36.2 Å². The number of nitrogens with one attached hydrogen (secondary N) is 1. The van der Waals surface area contributed by atoms with Crippen LogP contribution < -0.4 is 10.2 Å². The number of fused-ring (bicyclic) bond motifs is 1. The molecule has 0 bridgehead atoms. The van der Waals surface area contributed by atoms with Crippen LogP contribution in [-0.4, -0.2) is 18.0 Å². The number of nitriles is 1. The van der Waals surface area contributed by atoms with Crippen molar-refractivity contribution in [3.8, 4) is 6.07 Å². The van der Waals surface area contributed by atoms with Gasteiger partial charge in [-0.25, -0.2) is 0 Å². The summed E-state index contributed by atoms with van der Waals surface area (Å²) in [6, 6.07) is 11.8. The summed E-state index contributed by atoms with van der Waals surface area (Å²) in [7, 11) is 0. The molecule has 0 saturated carbocycles. The second-order valence-corrected chi connectivity index (χ2v) is 9.83. The molecule has 1 aliphatic heterocycles. The van der Waals surface area contributed by atoms with Gasteiger partial charge in [0.1, 0.15) is 11.6 Å². The second kappa shape index (κ2) is 9.38. The number of halogens is 1. The van der Waals surface area contributed by atoms with E-state index in [9.17, 15) is 10.1 Å². The summed E-state index contributed by atoms with van der Waals surface area (Å²) in [5.41, 5.74) is 6.02. The van der Waals surface area contributed by atoms with Crippen LogP contribution in [0.15, 0.2) is 35.9 Å². The number of benzene rings is 2. The van der Waals surface area contributed by atoms with Crippen LogP contribution in [0.2, 0.25) is 5.02 Å². The van der Waals surface area contributed by atoms with Crippen molar-refractivity contribution in [2.75, 3.05) is 16.8 Å². The number of nitrogens with zero attached hydrogens (tertiary/aromatic N) is 2. The number of aryl methyl sites for hydroxylation is 2. The molecule has 32 heavy (non-hydrogen) atoms. The number of hydrogen-bond acceptors (Lipinski definition) is 3. The first-order valence-electron chi connectivity index (χ1n) is 11.2. The van der Waals surface area contributed by atoms with Crippen molar-refractivity contribution < 1.29 is 4.79 Å². The Morgan fingerprint density at radius 2 is 2.00 bits per heavy atom. The second-order valence-electron chi connectivity index (χ2n) is 9.42. The maximum atomic E-state index is 12.8. The van der Waals surface area contributed by atoms with Gasteiger partial charge in [-0.05, 0) is 99.0 Å². The standard InChI is InChI=1S/C27H32ClN3O/c1-7-10-31-25-14-24(28)20(13-23(25)19(4)15-27(31,5)6)12-21(16-29)26(32)30-22-9-8-17(2)18(3)11-22/h8-9,11-14,19H,7,10,15H2,1-6H3,(H,30,32)/b21-12+. The van der Waals surface area contributed by atoms with E-state index in [-0.39, 0.29) is 11.1 Å². The molecule has 1 N–H and O–H groups in total. The lowest BCUT2D eigenvalue weighted by molar-refractivity contribution is -0.112. The van der Waals surface area contributed by atoms with Gasteiger partial charge in [-0.1, -0.05) is 31.5 Å². The fourth-order valence-electron chi connectivity index (χ4n) is 4.60. The van der Waals surface area contributed by atoms with Crippen LogP contribution in [0.4, 0.5) is 11.4 Å². The zero-order chi connectivity index (χ0) is 23.6. The molecule has 2 aromatic carbocycles. The molecule has 0 fully saturated rings. The Morgan fingerprint density at radius 3 is 2.62 bits per heavy atom. The highest BCUT2D eigenvalue weighted by atomic mass is 35.5. The van der Waals surface area contributed by atoms with Crippen LogP contribution in [0, 0.1) is 25.2 Å². The normalized spacial score (nSPS) is 17.5. The van der Waals surface area contributed by atoms with Crippen molar-refractivity contribution >= 4 is 35.0 Å². The molecule has 1 heterocycles. The monoisotopic (exact) mass is 449 g/mol. The van der Waals surface area contributed by atoms with Crippen molar-refractivity contribution in [1.82, 2.24) is 0 Å². The van der Waals surface area contributed by atoms with E-state index in [0.29, 0.717) is 22.2 Å². The fourth-order valence-corrected chi connectivity index (χ4v) is 4.81. The fraction of sp³-hybridized carbons (Fsp3) is 0.407. The number of carbonyl (C=O) groups is 1. The number of hydrogen-bond donors (Lipinski definition) is 1. The Kier molecular flexibility index (Phi) is 7.00. The summed E-state index contributed by atoms with van der Waals surface area (Å²) >= 11 is 6.66. The van der Waals surface area contributed by atoms with Gasteiger partial charge in [-0.15, -0.1) is 0 Å². The van der Waals surface area contributed by atoms with Crippen LogP contribution in [0.5, 0.6) is 0 Å². The van der Waals surface area contributed by atoms with Crippen LogP contribution in [0.1, 0.15) is 68.7 Å². The molecular weight excluding hydrogens is 418 g/mol. The summed E-state index contributed by atoms with van der Waals surface area (Å²) < 4.78 is 0. The third-order valence-electron chi connectivity index (χ3n) is 6.38. The van der Waals surface area contributed by atoms with Gasteiger partial charge in [0.15, 0.2) is 0 Å². The molecule has 0 spiro atoms. The van der Waals surface area contributed by atoms with Crippen molar-refractivity contribution in [3.05, 3.63) is 63.2 Å². The lowest BCUT2D eigenvalue weighted by atomic mass is 9.79. The predicted octanol–water partition coefficient (Wildman–Crippen LogP) is 7.00. The summed E-state index contributed by atoms with van der Waals surface area (Å²) in [6.07, 6.45) is 3.67. The zero-order valence-corrected chi connectivity index (χ0v) is 20.6. The highest BCUT2D eigenvalue weighted by molar-refractivity contribution is 6.32. The van der Waals surface area contributed by atoms with Gasteiger partial charge in [-0.3, -0.25) is 4.79 Å². The van der Waals surface area contributed by atoms with Gasteiger partial charge in [-0.2, -0.15) is 5.26 Å². The molecule has 0 saturated heterocycles. The Morgan fingerprint density at radius 1 is 1.28 bits per heavy atom. The van der Waals surface area contributed by atoms with Gasteiger partial charge in [0, 0.05) is 28.5 Å². The van der Waals surface area contributed by atoms with Gasteiger partial charge < -0.3 is 10.2 Å². The molecule has 1 unspecified atom stereocenters. The maximum Gasteiger partial charge on any atom is 0.266 e. The first kappa shape index (κ1) is 23.9. The average molecular weight is 450 g/mol. The SMILES string of the molecule is CCCN1c2cc(Cl)c(/C=C(\C#N)C(=O)Nc3ccc(C)c(C)c3)cc2C(C)CC1(C)C. The predicted molar refractivity (Wildman–Crippen MR) is 134 cm³/mol. The lowest BCUT2D eigenvalue weighted by Crippen LogP contribution is -2.48. The average Bonchev–Trinajstić information content (AvgIpc) is 2.72. The first-order valence-corrected chi connectivity index (χ1v) is 11.6. The molecule has 0 aromatic heterocycles. The van der Waals surface area contributed by atoms with E-state index in [4.69, 9.17) is 11.6 Å². The number of anilines is 2. The Balaban J connectivity index is 1.96. The van der Waals surface area contributed by atoms with Gasteiger partial charge >= 0.3 is 0 Å². The van der Waals surface area contributed by atoms with Gasteiger partial charge in [0.2, 0.25) is 0 Å². The van der Waals surface area contributed by atoms with Crippen molar-refractivity contribution in [1.29, 1.82) is 5.26 Å². The van der Waals surface area contributed by atoms with E-state index in [1.165, 1.54) is 5.56 Å². The highest BCUT2D eigenvalue weighted by Crippen LogP contribution is 2.45. The van der Waals surface area contributed by atoms with Crippen LogP contribution in [0.3, 0.4) is 0 Å². The molecule has 2 aromatic rings. The summed E-state index contributed by atoms with van der Waals surface area (Å²) in [6.45, 7) is 13.9. The molecule has 0 radical (unpaired) electrons. The van der Waals surface area contributed by atoms with Gasteiger partial charge in [0.05, 0.1) is 0 Å². The minimum absolute atomic E-state index is 0.0271. The molecule has 4 nitrogen and oxygen atoms in total. The Hall–Kier alpha value is -2.77. The highest BCUT2D eigenvalue weighted by Gasteiger charge is 2.36. The van der Waals surface area contributed by atoms with E-state index >= 15 is 0 Å². The van der Waals surface area contributed by atoms with Crippen LogP contribution in [0.25, 0.3) is 6.08 Å². The molecule has 1 amide bonds. The molecular formula is C27H32ClN3O. The smallest absolute Gasteiger partial charge is 0.266 e. The third kappa shape index (κ3) is 4.84. The molecule has 5 heteroatoms. The van der Waals surface area contributed by atoms with E-state index in [1.54, 1.807) is 6.08 Å². The van der Waals surface area contributed by atoms with E-state index in [1.807, 2.05) is 50.2 Å². The number of carbonyl (C=O) groups excluding carboxylic acids is 1. The topological polar surface area (TPSA) is 56.1 Å². The van der Waals surface area contributed by atoms with Crippen LogP contribution >= 0.6 is 11.6 Å². The molecule has 0 aliphatic carbocycles. The van der Waals surface area contributed by atoms with E-state index < -0.39 is 5.91 Å². The molecule has 3 rings (SSSR count). The maximum absolute atomic E-state index is 12.8. The quantitative estimate of drug-likeness (QED) is 0.394. The minimum atomic E-state index is -0.439. The number of amides is 1. The van der Waals surface area contributed by atoms with Crippen LogP contribution in [-0.2, 0) is 4.79 Å². The molecule has 1 aliphatic rings. The Bertz CT molecular complexity index is 1110. The van der Waals surface area contributed by atoms with Gasteiger partial charge in [0.25, 0.3) is 5.91 Å². The Labute approximate surface area is 196 Å². The third-order valence-corrected chi connectivity index (χ3v) is 6.71. The van der Waals surface area contributed by atoms with Crippen molar-refractivity contribution in [2.45, 2.75) is 65.8 Å². The summed E-state index contributed by atoms with van der Waals surface area (Å²) in [5.74, 6) is -0.0845. The molecule has 1 atom stereocenters. The summed E-state index contributed by atoms with van der Waals surface area (Å²) in [5, 5.41) is 13.0. The number of rotatable bonds is 5. The lowest BCUT2D eigenvalue weighted by Gasteiger charge is -2.47. The van der Waals surface area contributed by atoms with E-state index in [2.05, 4.69) is 37.9 Å². The largest absolute Gasteiger partial charge is 0.366 e. The summed E-state index contributed by atoms with van der Waals surface area (Å²) in [4.78, 5) is 15.2.